The van der Waals surface area contributed by atoms with E-state index in [-0.39, 0.29) is 0 Å². The first-order chi connectivity index (χ1) is 34.3. The van der Waals surface area contributed by atoms with Gasteiger partial charge >= 0.3 is 0 Å². The third kappa shape index (κ3) is 64.0. The van der Waals surface area contributed by atoms with E-state index in [1.54, 1.807) is 0 Å². The van der Waals surface area contributed by atoms with E-state index >= 15 is 0 Å². The van der Waals surface area contributed by atoms with Gasteiger partial charge in [0.05, 0.1) is 0 Å². The molecule has 0 aromatic heterocycles. The number of unbranched alkanes of at least 4 members (excludes halogenated alkanes) is 58. The van der Waals surface area contributed by atoms with Crippen LogP contribution < -0.4 is 0 Å². The molecule has 0 rings (SSSR count). The maximum absolute atomic E-state index is 8.92. The summed E-state index contributed by atoms with van der Waals surface area (Å²) in [4.78, 5) is 0. The van der Waals surface area contributed by atoms with Crippen LogP contribution in [0.4, 0.5) is 0 Å². The number of hydrogen-bond acceptors (Lipinski definition) is 1. The number of aliphatic hydroxyl groups excluding tert-OH is 1. The van der Waals surface area contributed by atoms with Crippen LogP contribution in [0.15, 0.2) is 0 Å². The lowest BCUT2D eigenvalue weighted by molar-refractivity contribution is 0.282. The molecule has 0 aliphatic rings. The zero-order valence-corrected chi connectivity index (χ0v) is 49.0. The van der Waals surface area contributed by atoms with Crippen LogP contribution in [0.5, 0.6) is 0 Å². The maximum atomic E-state index is 8.92. The van der Waals surface area contributed by atoms with Crippen molar-refractivity contribution in [1.29, 1.82) is 0 Å². The Morgan fingerprint density at radius 1 is 0.159 bits per heavy atom. The molecule has 1 heteroatoms. The SMILES string of the molecule is CCCCCCCCCCCCCCCCCCCCCCCCCCCCCCCCCCC(CCCCCCCCCCCCCCCC)CCCCCCCCCCCCCCCCCO. The van der Waals surface area contributed by atoms with Crippen LogP contribution in [0.1, 0.15) is 425 Å². The Balaban J connectivity index is 3.78. The van der Waals surface area contributed by atoms with Crippen molar-refractivity contribution in [2.45, 2.75) is 425 Å². The fraction of sp³-hybridized carbons (Fsp3) is 1.00. The van der Waals surface area contributed by atoms with Gasteiger partial charge < -0.3 is 5.11 Å². The Labute approximate surface area is 440 Å². The summed E-state index contributed by atoms with van der Waals surface area (Å²) in [6, 6.07) is 0. The lowest BCUT2D eigenvalue weighted by Gasteiger charge is -2.17. The zero-order valence-electron chi connectivity index (χ0n) is 49.0. The molecule has 1 unspecified atom stereocenters. The highest BCUT2D eigenvalue weighted by Gasteiger charge is 2.09. The molecule has 0 bridgehead atoms. The highest BCUT2D eigenvalue weighted by atomic mass is 16.2. The first kappa shape index (κ1) is 69.0. The molecule has 0 heterocycles. The van der Waals surface area contributed by atoms with Gasteiger partial charge in [-0.1, -0.05) is 418 Å². The quantitative estimate of drug-likeness (QED) is 0.0602. The second kappa shape index (κ2) is 66.0. The fourth-order valence-corrected chi connectivity index (χ4v) is 11.7. The van der Waals surface area contributed by atoms with Crippen molar-refractivity contribution in [2.75, 3.05) is 6.61 Å². The molecule has 416 valence electrons. The Bertz CT molecular complexity index is 835. The van der Waals surface area contributed by atoms with Gasteiger partial charge in [0, 0.05) is 6.61 Å². The summed E-state index contributed by atoms with van der Waals surface area (Å²) in [7, 11) is 0. The molecule has 0 aliphatic carbocycles. The lowest BCUT2D eigenvalue weighted by atomic mass is 9.89. The molecule has 0 saturated carbocycles. The normalized spacial score (nSPS) is 12.2. The summed E-state index contributed by atoms with van der Waals surface area (Å²) in [5.41, 5.74) is 0. The van der Waals surface area contributed by atoms with Crippen molar-refractivity contribution in [3.05, 3.63) is 0 Å². The molecule has 0 spiro atoms. The molecule has 1 nitrogen and oxygen atoms in total. The molecule has 1 N–H and O–H groups in total. The standard InChI is InChI=1S/C68H138O/c1-3-5-7-9-11-13-15-17-19-20-21-22-23-24-25-26-27-28-29-30-31-32-33-34-35-37-41-45-49-53-57-61-65-68(64-60-56-52-48-44-40-18-16-14-12-10-8-6-4-2)66-62-58-54-50-46-42-38-36-39-43-47-51-55-59-63-67-69/h68-69H,3-67H2,1-2H3. The van der Waals surface area contributed by atoms with Crippen LogP contribution >= 0.6 is 0 Å². The summed E-state index contributed by atoms with van der Waals surface area (Å²) in [5, 5.41) is 8.92. The Morgan fingerprint density at radius 3 is 0.406 bits per heavy atom. The van der Waals surface area contributed by atoms with E-state index in [1.165, 1.54) is 405 Å². The monoisotopic (exact) mass is 971 g/mol. The molecular weight excluding hydrogens is 833 g/mol. The van der Waals surface area contributed by atoms with E-state index < -0.39 is 0 Å². The second-order valence-electron chi connectivity index (χ2n) is 23.8. The number of hydrogen-bond donors (Lipinski definition) is 1. The van der Waals surface area contributed by atoms with E-state index in [0.29, 0.717) is 6.61 Å². The average molecular weight is 972 g/mol. The minimum absolute atomic E-state index is 0.375. The van der Waals surface area contributed by atoms with Gasteiger partial charge in [-0.3, -0.25) is 0 Å². The Hall–Kier alpha value is -0.0400. The third-order valence-corrected chi connectivity index (χ3v) is 16.7. The largest absolute Gasteiger partial charge is 0.396 e. The summed E-state index contributed by atoms with van der Waals surface area (Å²) < 4.78 is 0. The Morgan fingerprint density at radius 2 is 0.275 bits per heavy atom. The first-order valence-electron chi connectivity index (χ1n) is 34.0. The smallest absolute Gasteiger partial charge is 0.0431 e. The van der Waals surface area contributed by atoms with Gasteiger partial charge in [0.15, 0.2) is 0 Å². The van der Waals surface area contributed by atoms with Crippen LogP contribution in [0, 0.1) is 5.92 Å². The number of rotatable bonds is 65. The molecule has 0 saturated heterocycles. The van der Waals surface area contributed by atoms with Crippen LogP contribution in [-0.4, -0.2) is 11.7 Å². The molecule has 1 atom stereocenters. The van der Waals surface area contributed by atoms with Crippen molar-refractivity contribution in [2.24, 2.45) is 5.92 Å². The highest BCUT2D eigenvalue weighted by molar-refractivity contribution is 4.63. The first-order valence-corrected chi connectivity index (χ1v) is 34.0. The summed E-state index contributed by atoms with van der Waals surface area (Å²) in [5.74, 6) is 1.02. The van der Waals surface area contributed by atoms with Gasteiger partial charge in [-0.2, -0.15) is 0 Å². The molecule has 0 aromatic carbocycles. The van der Waals surface area contributed by atoms with Gasteiger partial charge in [0.2, 0.25) is 0 Å². The molecule has 0 radical (unpaired) electrons. The average Bonchev–Trinajstić information content (AvgIpc) is 3.36. The van der Waals surface area contributed by atoms with E-state index in [9.17, 15) is 0 Å². The van der Waals surface area contributed by atoms with E-state index in [4.69, 9.17) is 5.11 Å². The zero-order chi connectivity index (χ0) is 49.5. The molecule has 0 aliphatic heterocycles. The van der Waals surface area contributed by atoms with Crippen molar-refractivity contribution in [3.63, 3.8) is 0 Å². The van der Waals surface area contributed by atoms with E-state index in [2.05, 4.69) is 13.8 Å². The van der Waals surface area contributed by atoms with Gasteiger partial charge in [-0.25, -0.2) is 0 Å². The second-order valence-corrected chi connectivity index (χ2v) is 23.8. The topological polar surface area (TPSA) is 20.2 Å². The third-order valence-electron chi connectivity index (χ3n) is 16.7. The van der Waals surface area contributed by atoms with Crippen LogP contribution in [-0.2, 0) is 0 Å². The summed E-state index contributed by atoms with van der Waals surface area (Å²) in [6.45, 7) is 5.01. The highest BCUT2D eigenvalue weighted by Crippen LogP contribution is 2.26. The van der Waals surface area contributed by atoms with Crippen molar-refractivity contribution in [1.82, 2.24) is 0 Å². The van der Waals surface area contributed by atoms with Gasteiger partial charge in [0.1, 0.15) is 0 Å². The molecule has 0 aromatic rings. The predicted octanol–water partition coefficient (Wildman–Crippen LogP) is 25.6. The molecule has 69 heavy (non-hydrogen) atoms. The van der Waals surface area contributed by atoms with Crippen LogP contribution in [0.2, 0.25) is 0 Å². The van der Waals surface area contributed by atoms with Crippen molar-refractivity contribution in [3.8, 4) is 0 Å². The summed E-state index contributed by atoms with van der Waals surface area (Å²) in [6.07, 6.45) is 93.9. The van der Waals surface area contributed by atoms with Gasteiger partial charge in [0.25, 0.3) is 0 Å². The van der Waals surface area contributed by atoms with Crippen LogP contribution in [0.3, 0.4) is 0 Å². The minimum atomic E-state index is 0.375. The van der Waals surface area contributed by atoms with Crippen LogP contribution in [0.25, 0.3) is 0 Å². The van der Waals surface area contributed by atoms with E-state index in [0.717, 1.165) is 12.3 Å². The fourth-order valence-electron chi connectivity index (χ4n) is 11.7. The van der Waals surface area contributed by atoms with Crippen molar-refractivity contribution >= 4 is 0 Å². The van der Waals surface area contributed by atoms with Gasteiger partial charge in [-0.15, -0.1) is 0 Å². The summed E-state index contributed by atoms with van der Waals surface area (Å²) >= 11 is 0. The van der Waals surface area contributed by atoms with E-state index in [1.807, 2.05) is 0 Å². The van der Waals surface area contributed by atoms with Crippen molar-refractivity contribution < 1.29 is 5.11 Å². The molecule has 0 amide bonds. The predicted molar refractivity (Wildman–Crippen MR) is 317 cm³/mol. The lowest BCUT2D eigenvalue weighted by Crippen LogP contribution is -2.01. The van der Waals surface area contributed by atoms with Gasteiger partial charge in [-0.05, 0) is 12.3 Å². The minimum Gasteiger partial charge on any atom is -0.396 e. The Kier molecular flexibility index (Phi) is 65.9. The molecule has 0 fully saturated rings. The number of aliphatic hydroxyl groups is 1. The maximum Gasteiger partial charge on any atom is 0.0431 e. The molecular formula is C68H138O.